The number of furan rings is 1. The predicted octanol–water partition coefficient (Wildman–Crippen LogP) is 5.70. The van der Waals surface area contributed by atoms with Gasteiger partial charge in [0.1, 0.15) is 30.5 Å². The van der Waals surface area contributed by atoms with E-state index in [2.05, 4.69) is 47.0 Å². The maximum absolute atomic E-state index is 12.4. The van der Waals surface area contributed by atoms with Gasteiger partial charge < -0.3 is 18.5 Å². The number of aryl methyl sites for hydroxylation is 2. The van der Waals surface area contributed by atoms with Crippen LogP contribution in [0.3, 0.4) is 0 Å². The first-order valence-electron chi connectivity index (χ1n) is 11.1. The van der Waals surface area contributed by atoms with Gasteiger partial charge in [0, 0.05) is 27.7 Å². The summed E-state index contributed by atoms with van der Waals surface area (Å²) in [7, 11) is 0. The largest absolute Gasteiger partial charge is 0.486 e. The van der Waals surface area contributed by atoms with E-state index in [1.807, 2.05) is 24.3 Å². The molecule has 182 valence electrons. The molecule has 2 aromatic carbocycles. The van der Waals surface area contributed by atoms with Crippen molar-refractivity contribution in [2.45, 2.75) is 20.5 Å². The van der Waals surface area contributed by atoms with Crippen LogP contribution in [-0.2, 0) is 6.61 Å². The molecule has 0 aliphatic rings. The molecule has 0 saturated carbocycles. The zero-order chi connectivity index (χ0) is 25.5. The molecule has 0 bridgehead atoms. The highest BCUT2D eigenvalue weighted by Crippen LogP contribution is 2.22. The molecule has 4 rings (SSSR count). The number of hydrogen-bond acceptors (Lipinski definition) is 5. The number of benzene rings is 2. The number of carbonyl (C=O) groups excluding carboxylic acids is 1. The van der Waals surface area contributed by atoms with Crippen molar-refractivity contribution >= 4 is 23.7 Å². The lowest BCUT2D eigenvalue weighted by Gasteiger charge is -2.10. The van der Waals surface area contributed by atoms with E-state index in [9.17, 15) is 4.79 Å². The van der Waals surface area contributed by atoms with E-state index < -0.39 is 5.91 Å². The normalized spacial score (nSPS) is 10.8. The second-order valence-electron chi connectivity index (χ2n) is 7.87. The Morgan fingerprint density at radius 2 is 1.83 bits per heavy atom. The molecule has 2 heterocycles. The monoisotopic (exact) mass is 501 g/mol. The molecule has 0 unspecified atom stereocenters. The van der Waals surface area contributed by atoms with Crippen molar-refractivity contribution in [1.29, 1.82) is 0 Å². The minimum Gasteiger partial charge on any atom is -0.486 e. The standard InChI is InChI=1S/C28H24ClN3O4/c1-4-15-34-26-13-7-22(29)16-21(26)17-30-31-28(33)27-14-12-25(36-27)18-35-24-10-8-23(9-11-24)32-19(2)5-6-20(32)3/h1,5-14,16-17H,15,18H2,2-3H3,(H,31,33)/b30-17+. The van der Waals surface area contributed by atoms with E-state index in [0.29, 0.717) is 27.8 Å². The maximum Gasteiger partial charge on any atom is 0.307 e. The molecule has 1 amide bonds. The van der Waals surface area contributed by atoms with Crippen LogP contribution in [0, 0.1) is 26.2 Å². The Kier molecular flexibility index (Phi) is 7.79. The molecule has 2 aromatic heterocycles. The van der Waals surface area contributed by atoms with E-state index in [1.165, 1.54) is 6.21 Å². The fourth-order valence-corrected chi connectivity index (χ4v) is 3.77. The number of ether oxygens (including phenoxy) is 2. The minimum absolute atomic E-state index is 0.0999. The van der Waals surface area contributed by atoms with Crippen LogP contribution >= 0.6 is 11.6 Å². The number of terminal acetylenes is 1. The van der Waals surface area contributed by atoms with Crippen LogP contribution in [0.15, 0.2) is 76.2 Å². The summed E-state index contributed by atoms with van der Waals surface area (Å²) in [5.41, 5.74) is 6.38. The number of aromatic nitrogens is 1. The van der Waals surface area contributed by atoms with Gasteiger partial charge in [-0.05, 0) is 80.6 Å². The molecule has 0 radical (unpaired) electrons. The maximum atomic E-state index is 12.4. The SMILES string of the molecule is C#CCOc1ccc(Cl)cc1/C=N/NC(=O)c1ccc(COc2ccc(-n3c(C)ccc3C)cc2)o1. The second kappa shape index (κ2) is 11.3. The summed E-state index contributed by atoms with van der Waals surface area (Å²) in [5, 5.41) is 4.46. The van der Waals surface area contributed by atoms with Crippen LogP contribution in [0.4, 0.5) is 0 Å². The average molecular weight is 502 g/mol. The number of amides is 1. The molecule has 0 aliphatic heterocycles. The molecule has 1 N–H and O–H groups in total. The van der Waals surface area contributed by atoms with E-state index in [1.54, 1.807) is 30.3 Å². The molecule has 4 aromatic rings. The fraction of sp³-hybridized carbons (Fsp3) is 0.143. The van der Waals surface area contributed by atoms with Crippen LogP contribution in [-0.4, -0.2) is 23.3 Å². The molecular formula is C28H24ClN3O4. The summed E-state index contributed by atoms with van der Waals surface area (Å²) in [6, 6.07) is 20.2. The van der Waals surface area contributed by atoms with Gasteiger partial charge in [0.25, 0.3) is 0 Å². The summed E-state index contributed by atoms with van der Waals surface area (Å²) in [4.78, 5) is 12.4. The Labute approximate surface area is 214 Å². The molecule has 0 spiro atoms. The van der Waals surface area contributed by atoms with Gasteiger partial charge in [0.2, 0.25) is 0 Å². The first-order chi connectivity index (χ1) is 17.4. The number of rotatable bonds is 9. The number of nitrogens with one attached hydrogen (secondary N) is 1. The lowest BCUT2D eigenvalue weighted by Crippen LogP contribution is -2.16. The zero-order valence-corrected chi connectivity index (χ0v) is 20.6. The van der Waals surface area contributed by atoms with Crippen LogP contribution < -0.4 is 14.9 Å². The first-order valence-corrected chi connectivity index (χ1v) is 11.5. The van der Waals surface area contributed by atoms with Gasteiger partial charge in [-0.3, -0.25) is 4.79 Å². The summed E-state index contributed by atoms with van der Waals surface area (Å²) in [6.45, 7) is 4.41. The summed E-state index contributed by atoms with van der Waals surface area (Å²) in [6.07, 6.45) is 6.66. The van der Waals surface area contributed by atoms with Crippen molar-refractivity contribution in [2.75, 3.05) is 6.61 Å². The molecule has 0 atom stereocenters. The van der Waals surface area contributed by atoms with E-state index >= 15 is 0 Å². The Balaban J connectivity index is 1.32. The van der Waals surface area contributed by atoms with Crippen LogP contribution in [0.25, 0.3) is 5.69 Å². The lowest BCUT2D eigenvalue weighted by atomic mass is 10.2. The van der Waals surface area contributed by atoms with Crippen molar-refractivity contribution in [1.82, 2.24) is 9.99 Å². The molecule has 0 saturated heterocycles. The van der Waals surface area contributed by atoms with Gasteiger partial charge in [0.15, 0.2) is 5.76 Å². The van der Waals surface area contributed by atoms with Crippen molar-refractivity contribution in [3.63, 3.8) is 0 Å². The Morgan fingerprint density at radius 3 is 2.56 bits per heavy atom. The van der Waals surface area contributed by atoms with Crippen molar-refractivity contribution in [2.24, 2.45) is 5.10 Å². The van der Waals surface area contributed by atoms with E-state index in [-0.39, 0.29) is 19.0 Å². The van der Waals surface area contributed by atoms with Crippen molar-refractivity contribution in [3.05, 3.63) is 100 Å². The third kappa shape index (κ3) is 5.98. The Hall–Kier alpha value is -4.41. The highest BCUT2D eigenvalue weighted by molar-refractivity contribution is 6.30. The number of hydrazone groups is 1. The number of carbonyl (C=O) groups is 1. The second-order valence-corrected chi connectivity index (χ2v) is 8.31. The van der Waals surface area contributed by atoms with E-state index in [4.69, 9.17) is 31.9 Å². The quantitative estimate of drug-likeness (QED) is 0.181. The molecular weight excluding hydrogens is 478 g/mol. The van der Waals surface area contributed by atoms with E-state index in [0.717, 1.165) is 17.1 Å². The highest BCUT2D eigenvalue weighted by Gasteiger charge is 2.12. The van der Waals surface area contributed by atoms with Gasteiger partial charge in [-0.15, -0.1) is 6.42 Å². The summed E-state index contributed by atoms with van der Waals surface area (Å²) < 4.78 is 19.0. The number of hydrogen-bond donors (Lipinski definition) is 1. The molecule has 7 nitrogen and oxygen atoms in total. The lowest BCUT2D eigenvalue weighted by molar-refractivity contribution is 0.0923. The van der Waals surface area contributed by atoms with Crippen LogP contribution in [0.5, 0.6) is 11.5 Å². The van der Waals surface area contributed by atoms with Crippen LogP contribution in [0.2, 0.25) is 5.02 Å². The molecule has 0 fully saturated rings. The zero-order valence-electron chi connectivity index (χ0n) is 19.8. The average Bonchev–Trinajstić information content (AvgIpc) is 3.49. The van der Waals surface area contributed by atoms with Gasteiger partial charge >= 0.3 is 5.91 Å². The van der Waals surface area contributed by atoms with Crippen molar-refractivity contribution in [3.8, 4) is 29.5 Å². The highest BCUT2D eigenvalue weighted by atomic mass is 35.5. The summed E-state index contributed by atoms with van der Waals surface area (Å²) >= 11 is 6.04. The third-order valence-corrected chi connectivity index (χ3v) is 5.52. The fourth-order valence-electron chi connectivity index (χ4n) is 3.59. The third-order valence-electron chi connectivity index (χ3n) is 5.29. The Morgan fingerprint density at radius 1 is 1.08 bits per heavy atom. The first kappa shape index (κ1) is 24.7. The molecule has 0 aliphatic carbocycles. The Bertz CT molecular complexity index is 1410. The van der Waals surface area contributed by atoms with Gasteiger partial charge in [0.05, 0.1) is 6.21 Å². The van der Waals surface area contributed by atoms with Crippen LogP contribution in [0.1, 0.15) is 33.3 Å². The minimum atomic E-state index is -0.507. The van der Waals surface area contributed by atoms with Gasteiger partial charge in [-0.25, -0.2) is 5.43 Å². The topological polar surface area (TPSA) is 78.0 Å². The van der Waals surface area contributed by atoms with Gasteiger partial charge in [-0.1, -0.05) is 17.5 Å². The number of halogens is 1. The molecule has 36 heavy (non-hydrogen) atoms. The van der Waals surface area contributed by atoms with Crippen molar-refractivity contribution < 1.29 is 18.7 Å². The smallest absolute Gasteiger partial charge is 0.307 e. The predicted molar refractivity (Wildman–Crippen MR) is 139 cm³/mol. The van der Waals surface area contributed by atoms with Gasteiger partial charge in [-0.2, -0.15) is 5.10 Å². The summed E-state index contributed by atoms with van der Waals surface area (Å²) in [5.74, 6) is 3.69. The number of nitrogens with zero attached hydrogens (tertiary/aromatic N) is 2. The molecule has 8 heteroatoms.